The van der Waals surface area contributed by atoms with Crippen LogP contribution in [0.25, 0.3) is 0 Å². The number of hydrogen-bond acceptors (Lipinski definition) is 3. The van der Waals surface area contributed by atoms with E-state index < -0.39 is 19.0 Å². The number of anilines is 1. The number of carbonyl (C=O) groups is 1. The summed E-state index contributed by atoms with van der Waals surface area (Å²) < 4.78 is 27.5. The van der Waals surface area contributed by atoms with Gasteiger partial charge >= 0.3 is 6.03 Å². The summed E-state index contributed by atoms with van der Waals surface area (Å²) >= 11 is 0. The molecule has 2 rings (SSSR count). The maximum atomic E-state index is 12.2. The molecule has 0 unspecified atom stereocenters. The summed E-state index contributed by atoms with van der Waals surface area (Å²) in [4.78, 5) is 11.8. The molecule has 0 bridgehead atoms. The number of urea groups is 1. The molecule has 0 spiro atoms. The zero-order chi connectivity index (χ0) is 17.7. The third-order valence-corrected chi connectivity index (χ3v) is 3.41. The predicted molar refractivity (Wildman–Crippen MR) is 86.1 cm³/mol. The molecule has 0 saturated carbocycles. The number of amides is 2. The molecule has 9 heteroatoms. The average Bonchev–Trinajstić information content (AvgIpc) is 3.02. The molecule has 0 fully saturated rings. The normalized spacial score (nSPS) is 12.4. The lowest BCUT2D eigenvalue weighted by molar-refractivity contribution is 0.122. The van der Waals surface area contributed by atoms with Crippen LogP contribution in [0.2, 0.25) is 0 Å². The fourth-order valence-electron chi connectivity index (χ4n) is 2.32. The topological polar surface area (TPSA) is 76.8 Å². The van der Waals surface area contributed by atoms with E-state index >= 15 is 0 Å². The van der Waals surface area contributed by atoms with E-state index in [9.17, 15) is 13.6 Å². The Morgan fingerprint density at radius 2 is 2.04 bits per heavy atom. The van der Waals surface area contributed by atoms with Crippen molar-refractivity contribution in [2.45, 2.75) is 40.3 Å². The number of aromatic nitrogens is 4. The van der Waals surface area contributed by atoms with Crippen LogP contribution in [-0.4, -0.2) is 38.6 Å². The maximum absolute atomic E-state index is 12.2. The van der Waals surface area contributed by atoms with E-state index in [1.165, 1.54) is 12.3 Å². The first-order valence-electron chi connectivity index (χ1n) is 7.71. The van der Waals surface area contributed by atoms with Gasteiger partial charge in [0.05, 0.1) is 5.69 Å². The van der Waals surface area contributed by atoms with Gasteiger partial charge in [0.2, 0.25) is 0 Å². The summed E-state index contributed by atoms with van der Waals surface area (Å²) in [5.41, 5.74) is 2.04. The molecule has 2 aromatic heterocycles. The van der Waals surface area contributed by atoms with Crippen molar-refractivity contribution in [1.29, 1.82) is 0 Å². The lowest BCUT2D eigenvalue weighted by Gasteiger charge is -2.14. The molecular weight excluding hydrogens is 318 g/mol. The van der Waals surface area contributed by atoms with Gasteiger partial charge in [-0.1, -0.05) is 6.92 Å². The summed E-state index contributed by atoms with van der Waals surface area (Å²) in [6.45, 7) is 6.59. The minimum absolute atomic E-state index is 0.185. The summed E-state index contributed by atoms with van der Waals surface area (Å²) in [5, 5.41) is 13.5. The second kappa shape index (κ2) is 7.89. The summed E-state index contributed by atoms with van der Waals surface area (Å²) in [7, 11) is 0. The van der Waals surface area contributed by atoms with Crippen molar-refractivity contribution in [3.8, 4) is 0 Å². The van der Waals surface area contributed by atoms with Crippen LogP contribution >= 0.6 is 0 Å². The number of halogens is 2. The van der Waals surface area contributed by atoms with Gasteiger partial charge in [0.15, 0.2) is 5.82 Å². The quantitative estimate of drug-likeness (QED) is 0.813. The molecule has 7 nitrogen and oxygen atoms in total. The molecule has 132 valence electrons. The Hall–Kier alpha value is -2.45. The minimum Gasteiger partial charge on any atom is -0.337 e. The molecule has 2 amide bonds. The standard InChI is InChI=1S/C15H22F2N6O/c1-10(8-23-12(3)6-11(2)20-23)7-18-15(24)19-14-4-5-22(21-14)9-13(16)17/h4-6,10,13H,7-9H2,1-3H3,(H2,18,19,21,24)/t10-/m1/s1. The molecule has 0 saturated heterocycles. The van der Waals surface area contributed by atoms with Gasteiger partial charge in [-0.25, -0.2) is 13.6 Å². The van der Waals surface area contributed by atoms with Gasteiger partial charge in [-0.15, -0.1) is 0 Å². The van der Waals surface area contributed by atoms with E-state index in [1.54, 1.807) is 0 Å². The molecule has 0 radical (unpaired) electrons. The van der Waals surface area contributed by atoms with E-state index in [0.717, 1.165) is 16.1 Å². The second-order valence-electron chi connectivity index (χ2n) is 5.86. The molecule has 0 aliphatic heterocycles. The Labute approximate surface area is 139 Å². The molecule has 24 heavy (non-hydrogen) atoms. The van der Waals surface area contributed by atoms with Gasteiger partial charge in [0.25, 0.3) is 6.43 Å². The number of alkyl halides is 2. The van der Waals surface area contributed by atoms with Crippen molar-refractivity contribution < 1.29 is 13.6 Å². The number of nitrogens with zero attached hydrogens (tertiary/aromatic N) is 4. The number of carbonyl (C=O) groups excluding carboxylic acids is 1. The number of hydrogen-bond donors (Lipinski definition) is 2. The Morgan fingerprint density at radius 3 is 2.67 bits per heavy atom. The van der Waals surface area contributed by atoms with Crippen LogP contribution in [0.15, 0.2) is 18.3 Å². The monoisotopic (exact) mass is 340 g/mol. The highest BCUT2D eigenvalue weighted by Gasteiger charge is 2.11. The third kappa shape index (κ3) is 5.32. The van der Waals surface area contributed by atoms with Gasteiger partial charge in [-0.3, -0.25) is 14.7 Å². The highest BCUT2D eigenvalue weighted by Crippen LogP contribution is 2.07. The number of rotatable bonds is 7. The molecule has 0 aliphatic carbocycles. The summed E-state index contributed by atoms with van der Waals surface area (Å²) in [5.74, 6) is 0.421. The van der Waals surface area contributed by atoms with E-state index in [1.807, 2.05) is 31.5 Å². The predicted octanol–water partition coefficient (Wildman–Crippen LogP) is 2.42. The van der Waals surface area contributed by atoms with Crippen molar-refractivity contribution in [2.75, 3.05) is 11.9 Å². The second-order valence-corrected chi connectivity index (χ2v) is 5.86. The highest BCUT2D eigenvalue weighted by atomic mass is 19.3. The zero-order valence-corrected chi connectivity index (χ0v) is 14.0. The van der Waals surface area contributed by atoms with Crippen LogP contribution < -0.4 is 10.6 Å². The first-order chi connectivity index (χ1) is 11.3. The Morgan fingerprint density at radius 1 is 1.29 bits per heavy atom. The van der Waals surface area contributed by atoms with Crippen molar-refractivity contribution in [2.24, 2.45) is 5.92 Å². The van der Waals surface area contributed by atoms with E-state index in [0.29, 0.717) is 13.1 Å². The van der Waals surface area contributed by atoms with Gasteiger partial charge < -0.3 is 5.32 Å². The minimum atomic E-state index is -2.48. The smallest absolute Gasteiger partial charge is 0.320 e. The van der Waals surface area contributed by atoms with Gasteiger partial charge in [0, 0.05) is 31.0 Å². The number of nitrogens with one attached hydrogen (secondary N) is 2. The van der Waals surface area contributed by atoms with Gasteiger partial charge in [-0.2, -0.15) is 10.2 Å². The van der Waals surface area contributed by atoms with E-state index in [4.69, 9.17) is 0 Å². The van der Waals surface area contributed by atoms with Crippen LogP contribution in [0.4, 0.5) is 19.4 Å². The largest absolute Gasteiger partial charge is 0.337 e. The van der Waals surface area contributed by atoms with Crippen LogP contribution in [0.5, 0.6) is 0 Å². The van der Waals surface area contributed by atoms with Crippen LogP contribution in [0, 0.1) is 19.8 Å². The SMILES string of the molecule is Cc1cc(C)n(C[C@H](C)CNC(=O)Nc2ccn(CC(F)F)n2)n1. The van der Waals surface area contributed by atoms with Gasteiger partial charge in [-0.05, 0) is 25.8 Å². The highest BCUT2D eigenvalue weighted by molar-refractivity contribution is 5.88. The Balaban J connectivity index is 1.76. The third-order valence-electron chi connectivity index (χ3n) is 3.41. The molecule has 0 aromatic carbocycles. The van der Waals surface area contributed by atoms with Crippen molar-refractivity contribution in [3.63, 3.8) is 0 Å². The van der Waals surface area contributed by atoms with Gasteiger partial charge in [0.1, 0.15) is 6.54 Å². The fraction of sp³-hybridized carbons (Fsp3) is 0.533. The lowest BCUT2D eigenvalue weighted by Crippen LogP contribution is -2.33. The maximum Gasteiger partial charge on any atom is 0.320 e. The van der Waals surface area contributed by atoms with E-state index in [2.05, 4.69) is 20.8 Å². The van der Waals surface area contributed by atoms with E-state index in [-0.39, 0.29) is 11.7 Å². The number of aryl methyl sites for hydroxylation is 2. The summed E-state index contributed by atoms with van der Waals surface area (Å²) in [6.07, 6.45) is -1.09. The Kier molecular flexibility index (Phi) is 5.88. The molecular formula is C15H22F2N6O. The molecule has 2 heterocycles. The summed E-state index contributed by atoms with van der Waals surface area (Å²) in [6, 6.07) is 3.06. The molecule has 1 atom stereocenters. The average molecular weight is 340 g/mol. The zero-order valence-electron chi connectivity index (χ0n) is 14.0. The van der Waals surface area contributed by atoms with Crippen molar-refractivity contribution in [1.82, 2.24) is 24.9 Å². The van der Waals surface area contributed by atoms with Crippen LogP contribution in [0.3, 0.4) is 0 Å². The van der Waals surface area contributed by atoms with Crippen molar-refractivity contribution >= 4 is 11.8 Å². The molecule has 2 N–H and O–H groups in total. The van der Waals surface area contributed by atoms with Crippen molar-refractivity contribution in [3.05, 3.63) is 29.7 Å². The fourth-order valence-corrected chi connectivity index (χ4v) is 2.32. The molecule has 0 aliphatic rings. The Bertz CT molecular complexity index is 681. The first-order valence-corrected chi connectivity index (χ1v) is 7.71. The first kappa shape index (κ1) is 17.9. The lowest BCUT2D eigenvalue weighted by atomic mass is 10.2. The van der Waals surface area contributed by atoms with Crippen LogP contribution in [-0.2, 0) is 13.1 Å². The van der Waals surface area contributed by atoms with Crippen LogP contribution in [0.1, 0.15) is 18.3 Å². The molecule has 2 aromatic rings.